The first-order chi connectivity index (χ1) is 4.83. The highest BCUT2D eigenvalue weighted by Gasteiger charge is 1.98. The second-order valence-corrected chi connectivity index (χ2v) is 2.82. The fourth-order valence-corrected chi connectivity index (χ4v) is 1.01. The Kier molecular flexibility index (Phi) is 5.54. The molecule has 0 aliphatic rings. The van der Waals surface area contributed by atoms with Crippen LogP contribution in [0.25, 0.3) is 0 Å². The molecule has 0 aromatic carbocycles. The second-order valence-electron chi connectivity index (χ2n) is 2.01. The molecule has 0 aliphatic carbocycles. The fraction of sp³-hybridized carbons (Fsp3) is 0.500. The molecule has 0 radical (unpaired) electrons. The van der Waals surface area contributed by atoms with E-state index in [1.54, 1.807) is 0 Å². The molecule has 0 saturated carbocycles. The largest absolute Gasteiger partial charge is 0.360 e. The maximum absolute atomic E-state index is 5.31. The Bertz CT molecular complexity index is 204. The third kappa shape index (κ3) is 3.74. The summed E-state index contributed by atoms with van der Waals surface area (Å²) in [5.74, 6) is 0.886. The number of rotatable bonds is 3. The Hall–Kier alpha value is -0.0600. The monoisotopic (exact) mass is 240 g/mol. The molecule has 1 rings (SSSR count). The van der Waals surface area contributed by atoms with E-state index >= 15 is 0 Å². The number of nitrogens with two attached hydrogens (primary N) is 1. The van der Waals surface area contributed by atoms with Crippen LogP contribution in [-0.4, -0.2) is 11.7 Å². The van der Waals surface area contributed by atoms with Crippen LogP contribution in [0.3, 0.4) is 0 Å². The predicted molar refractivity (Wildman–Crippen MR) is 48.8 cm³/mol. The number of hydrogen-bond donors (Lipinski definition) is 1. The smallest absolute Gasteiger partial charge is 0.149 e. The molecule has 5 heteroatoms. The van der Waals surface area contributed by atoms with Gasteiger partial charge in [0.1, 0.15) is 10.4 Å². The predicted octanol–water partition coefficient (Wildman–Crippen LogP) is 1.75. The van der Waals surface area contributed by atoms with Crippen molar-refractivity contribution >= 4 is 28.3 Å². The highest BCUT2D eigenvalue weighted by atomic mass is 79.9. The summed E-state index contributed by atoms with van der Waals surface area (Å²) in [6.45, 7) is 0.693. The lowest BCUT2D eigenvalue weighted by Crippen LogP contribution is -1.99. The van der Waals surface area contributed by atoms with Crippen LogP contribution in [0.5, 0.6) is 0 Å². The number of aryl methyl sites for hydroxylation is 1. The fourth-order valence-electron chi connectivity index (χ4n) is 0.682. The van der Waals surface area contributed by atoms with Gasteiger partial charge in [-0.1, -0.05) is 5.16 Å². The van der Waals surface area contributed by atoms with Gasteiger partial charge in [-0.2, -0.15) is 0 Å². The molecule has 0 atom stereocenters. The lowest BCUT2D eigenvalue weighted by atomic mass is 10.2. The molecule has 1 aromatic rings. The minimum Gasteiger partial charge on any atom is -0.360 e. The van der Waals surface area contributed by atoms with Crippen LogP contribution in [0, 0.1) is 0 Å². The van der Waals surface area contributed by atoms with E-state index in [4.69, 9.17) is 10.3 Å². The van der Waals surface area contributed by atoms with Crippen molar-refractivity contribution in [1.29, 1.82) is 0 Å². The van der Waals surface area contributed by atoms with Gasteiger partial charge in [0.05, 0.1) is 0 Å². The lowest BCUT2D eigenvalue weighted by molar-refractivity contribution is 0.378. The molecule has 1 aromatic heterocycles. The maximum Gasteiger partial charge on any atom is 0.149 e. The van der Waals surface area contributed by atoms with Crippen LogP contribution in [0.15, 0.2) is 15.2 Å². The topological polar surface area (TPSA) is 52.0 Å². The molecule has 0 fully saturated rings. The first-order valence-corrected chi connectivity index (χ1v) is 3.93. The van der Waals surface area contributed by atoms with Gasteiger partial charge in [0.25, 0.3) is 0 Å². The minimum absolute atomic E-state index is 0. The molecule has 3 nitrogen and oxygen atoms in total. The molecule has 0 bridgehead atoms. The summed E-state index contributed by atoms with van der Waals surface area (Å²) in [6, 6.07) is 1.86. The van der Waals surface area contributed by atoms with Crippen LogP contribution in [0.2, 0.25) is 0 Å². The molecule has 0 unspecified atom stereocenters. The molecular formula is C6H10BrClN2O. The normalized spacial score (nSPS) is 9.27. The third-order valence-corrected chi connectivity index (χ3v) is 1.53. The van der Waals surface area contributed by atoms with Gasteiger partial charge in [0.2, 0.25) is 0 Å². The summed E-state index contributed by atoms with van der Waals surface area (Å²) >= 11 is 3.19. The third-order valence-electron chi connectivity index (χ3n) is 1.16. The van der Waals surface area contributed by atoms with Crippen molar-refractivity contribution in [1.82, 2.24) is 5.16 Å². The number of aromatic nitrogens is 1. The van der Waals surface area contributed by atoms with Crippen LogP contribution in [0.1, 0.15) is 12.2 Å². The average molecular weight is 242 g/mol. The van der Waals surface area contributed by atoms with Crippen LogP contribution >= 0.6 is 28.3 Å². The van der Waals surface area contributed by atoms with Gasteiger partial charge in [0.15, 0.2) is 0 Å². The molecule has 1 heterocycles. The van der Waals surface area contributed by atoms with Gasteiger partial charge in [-0.05, 0) is 28.9 Å². The van der Waals surface area contributed by atoms with Crippen molar-refractivity contribution in [2.75, 3.05) is 6.54 Å². The number of nitrogens with zero attached hydrogens (tertiary/aromatic N) is 1. The second kappa shape index (κ2) is 5.57. The first-order valence-electron chi connectivity index (χ1n) is 3.14. The van der Waals surface area contributed by atoms with E-state index in [0.29, 0.717) is 6.54 Å². The molecule has 0 amide bonds. The van der Waals surface area contributed by atoms with Crippen LogP contribution in [-0.2, 0) is 6.42 Å². The first kappa shape index (κ1) is 10.9. The molecule has 0 saturated heterocycles. The summed E-state index contributed by atoms with van der Waals surface area (Å²) in [5.41, 5.74) is 5.31. The summed E-state index contributed by atoms with van der Waals surface area (Å²) < 4.78 is 5.66. The Morgan fingerprint density at radius 3 is 2.82 bits per heavy atom. The summed E-state index contributed by atoms with van der Waals surface area (Å²) in [7, 11) is 0. The summed E-state index contributed by atoms with van der Waals surface area (Å²) in [5, 5.41) is 3.67. The van der Waals surface area contributed by atoms with Crippen LogP contribution < -0.4 is 5.73 Å². The molecule has 64 valence electrons. The van der Waals surface area contributed by atoms with E-state index in [1.807, 2.05) is 6.07 Å². The molecule has 0 spiro atoms. The van der Waals surface area contributed by atoms with E-state index in [-0.39, 0.29) is 12.4 Å². The van der Waals surface area contributed by atoms with Crippen molar-refractivity contribution < 1.29 is 4.52 Å². The van der Waals surface area contributed by atoms with Gasteiger partial charge >= 0.3 is 0 Å². The van der Waals surface area contributed by atoms with E-state index < -0.39 is 0 Å². The van der Waals surface area contributed by atoms with Crippen molar-refractivity contribution in [2.24, 2.45) is 5.73 Å². The lowest BCUT2D eigenvalue weighted by Gasteiger charge is -1.88. The molecule has 2 N–H and O–H groups in total. The van der Waals surface area contributed by atoms with Gasteiger partial charge < -0.3 is 10.3 Å². The SMILES string of the molecule is Cl.NCCCc1cc(Br)no1. The average Bonchev–Trinajstić information content (AvgIpc) is 2.31. The zero-order valence-corrected chi connectivity index (χ0v) is 8.32. The summed E-state index contributed by atoms with van der Waals surface area (Å²) in [6.07, 6.45) is 1.82. The number of hydrogen-bond acceptors (Lipinski definition) is 3. The van der Waals surface area contributed by atoms with E-state index in [9.17, 15) is 0 Å². The Labute approximate surface area is 79.9 Å². The van der Waals surface area contributed by atoms with E-state index in [0.717, 1.165) is 23.2 Å². The Morgan fingerprint density at radius 2 is 2.36 bits per heavy atom. The van der Waals surface area contributed by atoms with Gasteiger partial charge in [0, 0.05) is 12.5 Å². The van der Waals surface area contributed by atoms with Crippen LogP contribution in [0.4, 0.5) is 0 Å². The molecular weight excluding hydrogens is 231 g/mol. The zero-order valence-electron chi connectivity index (χ0n) is 5.92. The van der Waals surface area contributed by atoms with Gasteiger partial charge in [-0.3, -0.25) is 0 Å². The molecule has 0 aliphatic heterocycles. The quantitative estimate of drug-likeness (QED) is 0.877. The zero-order chi connectivity index (χ0) is 7.40. The highest BCUT2D eigenvalue weighted by Crippen LogP contribution is 2.10. The minimum atomic E-state index is 0. The van der Waals surface area contributed by atoms with Crippen molar-refractivity contribution in [3.05, 3.63) is 16.4 Å². The van der Waals surface area contributed by atoms with E-state index in [2.05, 4.69) is 21.1 Å². The Morgan fingerprint density at radius 1 is 1.64 bits per heavy atom. The summed E-state index contributed by atoms with van der Waals surface area (Å²) in [4.78, 5) is 0. The van der Waals surface area contributed by atoms with Crippen molar-refractivity contribution in [2.45, 2.75) is 12.8 Å². The van der Waals surface area contributed by atoms with E-state index in [1.165, 1.54) is 0 Å². The standard InChI is InChI=1S/C6H9BrN2O.ClH/c7-6-4-5(10-9-6)2-1-3-8;/h4H,1-3,8H2;1H. The Balaban J connectivity index is 0.000001000. The van der Waals surface area contributed by atoms with Crippen molar-refractivity contribution in [3.8, 4) is 0 Å². The number of halogens is 2. The molecule has 11 heavy (non-hydrogen) atoms. The maximum atomic E-state index is 5.31. The highest BCUT2D eigenvalue weighted by molar-refractivity contribution is 9.10. The van der Waals surface area contributed by atoms with Gasteiger partial charge in [-0.25, -0.2) is 0 Å². The van der Waals surface area contributed by atoms with Crippen molar-refractivity contribution in [3.63, 3.8) is 0 Å². The van der Waals surface area contributed by atoms with Gasteiger partial charge in [-0.15, -0.1) is 12.4 Å².